The van der Waals surface area contributed by atoms with E-state index in [-0.39, 0.29) is 18.1 Å². The van der Waals surface area contributed by atoms with Crippen LogP contribution in [0.25, 0.3) is 0 Å². The Balaban J connectivity index is 1.53. The first-order valence-corrected chi connectivity index (χ1v) is 9.47. The summed E-state index contributed by atoms with van der Waals surface area (Å²) in [5, 5.41) is 3.96. The topological polar surface area (TPSA) is 54.5 Å². The summed E-state index contributed by atoms with van der Waals surface area (Å²) in [6.45, 7) is 9.49. The Morgan fingerprint density at radius 1 is 1.28 bits per heavy atom. The van der Waals surface area contributed by atoms with E-state index in [1.165, 1.54) is 5.56 Å². The van der Waals surface area contributed by atoms with E-state index in [0.717, 1.165) is 29.5 Å². The standard InChI is InChI=1S/C19H25N3O2S/c1-13-10-22(11-14(2)24-13)12-16-4-6-17(7-5-16)19(23)21-9-18-8-20-15(3)25-18/h4-8,13-14H,9-12H2,1-3H3,(H,21,23). The van der Waals surface area contributed by atoms with Crippen LogP contribution in [-0.2, 0) is 17.8 Å². The smallest absolute Gasteiger partial charge is 0.251 e. The van der Waals surface area contributed by atoms with Gasteiger partial charge in [0.15, 0.2) is 0 Å². The third-order valence-corrected chi connectivity index (χ3v) is 5.12. The minimum atomic E-state index is -0.0498. The molecule has 0 bridgehead atoms. The van der Waals surface area contributed by atoms with Crippen LogP contribution in [0.15, 0.2) is 30.5 Å². The lowest BCUT2D eigenvalue weighted by Gasteiger charge is -2.35. The summed E-state index contributed by atoms with van der Waals surface area (Å²) in [6, 6.07) is 7.87. The summed E-state index contributed by atoms with van der Waals surface area (Å²) in [7, 11) is 0. The number of aryl methyl sites for hydroxylation is 1. The molecule has 6 heteroatoms. The SMILES string of the molecule is Cc1ncc(CNC(=O)c2ccc(CN3CC(C)OC(C)C3)cc2)s1. The van der Waals surface area contributed by atoms with Crippen LogP contribution < -0.4 is 5.32 Å². The van der Waals surface area contributed by atoms with E-state index in [1.807, 2.05) is 37.4 Å². The molecule has 0 aliphatic carbocycles. The number of benzene rings is 1. The Labute approximate surface area is 153 Å². The predicted molar refractivity (Wildman–Crippen MR) is 99.7 cm³/mol. The average molecular weight is 359 g/mol. The van der Waals surface area contributed by atoms with E-state index >= 15 is 0 Å². The van der Waals surface area contributed by atoms with Crippen LogP contribution in [0.3, 0.4) is 0 Å². The van der Waals surface area contributed by atoms with E-state index in [0.29, 0.717) is 12.1 Å². The highest BCUT2D eigenvalue weighted by Crippen LogP contribution is 2.15. The molecule has 134 valence electrons. The van der Waals surface area contributed by atoms with Gasteiger partial charge in [0, 0.05) is 36.3 Å². The van der Waals surface area contributed by atoms with Crippen LogP contribution in [0.4, 0.5) is 0 Å². The van der Waals surface area contributed by atoms with Crippen LogP contribution >= 0.6 is 11.3 Å². The number of ether oxygens (including phenoxy) is 1. The lowest BCUT2D eigenvalue weighted by Crippen LogP contribution is -2.44. The van der Waals surface area contributed by atoms with Crippen LogP contribution in [0.5, 0.6) is 0 Å². The molecule has 2 atom stereocenters. The number of thiazole rings is 1. The quantitative estimate of drug-likeness (QED) is 0.892. The zero-order valence-corrected chi connectivity index (χ0v) is 15.8. The molecular weight excluding hydrogens is 334 g/mol. The number of carbonyl (C=O) groups is 1. The Hall–Kier alpha value is -1.76. The van der Waals surface area contributed by atoms with E-state index in [2.05, 4.69) is 29.0 Å². The molecule has 1 saturated heterocycles. The van der Waals surface area contributed by atoms with Crippen molar-refractivity contribution in [3.05, 3.63) is 51.5 Å². The second-order valence-corrected chi connectivity index (χ2v) is 8.00. The Morgan fingerprint density at radius 3 is 2.56 bits per heavy atom. The fraction of sp³-hybridized carbons (Fsp3) is 0.474. The maximum atomic E-state index is 12.3. The monoisotopic (exact) mass is 359 g/mol. The molecule has 2 aromatic rings. The molecule has 0 spiro atoms. The van der Waals surface area contributed by atoms with E-state index in [1.54, 1.807) is 11.3 Å². The van der Waals surface area contributed by atoms with Gasteiger partial charge in [0.1, 0.15) is 0 Å². The second kappa shape index (κ2) is 8.08. The van der Waals surface area contributed by atoms with Gasteiger partial charge in [-0.1, -0.05) is 12.1 Å². The van der Waals surface area contributed by atoms with Gasteiger partial charge < -0.3 is 10.1 Å². The van der Waals surface area contributed by atoms with Gasteiger partial charge in [0.25, 0.3) is 5.91 Å². The molecule has 1 aliphatic heterocycles. The Bertz CT molecular complexity index is 704. The average Bonchev–Trinajstić information content (AvgIpc) is 2.98. The van der Waals surface area contributed by atoms with Crippen LogP contribution in [-0.4, -0.2) is 41.1 Å². The Kier molecular flexibility index (Phi) is 5.83. The molecule has 0 saturated carbocycles. The maximum absolute atomic E-state index is 12.3. The normalized spacial score (nSPS) is 21.2. The second-order valence-electron chi connectivity index (χ2n) is 6.68. The summed E-state index contributed by atoms with van der Waals surface area (Å²) in [5.74, 6) is -0.0498. The van der Waals surface area contributed by atoms with E-state index < -0.39 is 0 Å². The minimum Gasteiger partial charge on any atom is -0.373 e. The third-order valence-electron chi connectivity index (χ3n) is 4.21. The van der Waals surface area contributed by atoms with Crippen molar-refractivity contribution in [2.75, 3.05) is 13.1 Å². The Morgan fingerprint density at radius 2 is 1.96 bits per heavy atom. The number of aromatic nitrogens is 1. The molecule has 1 aromatic carbocycles. The van der Waals surface area contributed by atoms with Gasteiger partial charge in [-0.3, -0.25) is 9.69 Å². The minimum absolute atomic E-state index is 0.0498. The van der Waals surface area contributed by atoms with Gasteiger partial charge in [-0.15, -0.1) is 11.3 Å². The molecule has 1 amide bonds. The number of nitrogens with one attached hydrogen (secondary N) is 1. The van der Waals surface area contributed by atoms with Crippen molar-refractivity contribution >= 4 is 17.2 Å². The molecule has 3 rings (SSSR count). The maximum Gasteiger partial charge on any atom is 0.251 e. The number of hydrogen-bond donors (Lipinski definition) is 1. The summed E-state index contributed by atoms with van der Waals surface area (Å²) >= 11 is 1.61. The molecular formula is C19H25N3O2S. The predicted octanol–water partition coefficient (Wildman–Crippen LogP) is 2.99. The summed E-state index contributed by atoms with van der Waals surface area (Å²) < 4.78 is 5.77. The van der Waals surface area contributed by atoms with Crippen LogP contribution in [0, 0.1) is 6.92 Å². The van der Waals surface area contributed by atoms with Crippen molar-refractivity contribution in [1.29, 1.82) is 0 Å². The van der Waals surface area contributed by atoms with Crippen molar-refractivity contribution in [3.63, 3.8) is 0 Å². The number of nitrogens with zero attached hydrogens (tertiary/aromatic N) is 2. The molecule has 0 radical (unpaired) electrons. The van der Waals surface area contributed by atoms with Gasteiger partial charge in [-0.05, 0) is 38.5 Å². The number of hydrogen-bond acceptors (Lipinski definition) is 5. The van der Waals surface area contributed by atoms with Crippen LogP contribution in [0.2, 0.25) is 0 Å². The van der Waals surface area contributed by atoms with Crippen molar-refractivity contribution in [1.82, 2.24) is 15.2 Å². The number of morpholine rings is 1. The summed E-state index contributed by atoms with van der Waals surface area (Å²) in [4.78, 5) is 19.9. The molecule has 2 unspecified atom stereocenters. The van der Waals surface area contributed by atoms with Gasteiger partial charge in [0.05, 0.1) is 23.8 Å². The number of amides is 1. The highest BCUT2D eigenvalue weighted by Gasteiger charge is 2.22. The number of rotatable bonds is 5. The first-order chi connectivity index (χ1) is 12.0. The first-order valence-electron chi connectivity index (χ1n) is 8.66. The lowest BCUT2D eigenvalue weighted by atomic mass is 10.1. The lowest BCUT2D eigenvalue weighted by molar-refractivity contribution is -0.0704. The molecule has 1 aliphatic rings. The highest BCUT2D eigenvalue weighted by atomic mass is 32.1. The van der Waals surface area contributed by atoms with Gasteiger partial charge >= 0.3 is 0 Å². The van der Waals surface area contributed by atoms with Crippen molar-refractivity contribution in [3.8, 4) is 0 Å². The molecule has 5 nitrogen and oxygen atoms in total. The first kappa shape index (κ1) is 18.0. The summed E-state index contributed by atoms with van der Waals surface area (Å²) in [6.07, 6.45) is 2.35. The number of carbonyl (C=O) groups excluding carboxylic acids is 1. The van der Waals surface area contributed by atoms with Gasteiger partial charge in [-0.2, -0.15) is 0 Å². The van der Waals surface area contributed by atoms with E-state index in [4.69, 9.17) is 4.74 Å². The molecule has 2 heterocycles. The molecule has 25 heavy (non-hydrogen) atoms. The molecule has 1 N–H and O–H groups in total. The zero-order chi connectivity index (χ0) is 17.8. The van der Waals surface area contributed by atoms with Gasteiger partial charge in [-0.25, -0.2) is 4.98 Å². The summed E-state index contributed by atoms with van der Waals surface area (Å²) in [5.41, 5.74) is 1.91. The zero-order valence-electron chi connectivity index (χ0n) is 15.0. The largest absolute Gasteiger partial charge is 0.373 e. The van der Waals surface area contributed by atoms with E-state index in [9.17, 15) is 4.79 Å². The molecule has 1 aromatic heterocycles. The van der Waals surface area contributed by atoms with Crippen LogP contribution in [0.1, 0.15) is 39.7 Å². The van der Waals surface area contributed by atoms with Crippen molar-refractivity contribution < 1.29 is 9.53 Å². The van der Waals surface area contributed by atoms with Gasteiger partial charge in [0.2, 0.25) is 0 Å². The fourth-order valence-corrected chi connectivity index (χ4v) is 3.92. The molecule has 1 fully saturated rings. The third kappa shape index (κ3) is 5.11. The highest BCUT2D eigenvalue weighted by molar-refractivity contribution is 7.11. The van der Waals surface area contributed by atoms with Crippen molar-refractivity contribution in [2.45, 2.75) is 46.1 Å². The van der Waals surface area contributed by atoms with Crippen molar-refractivity contribution in [2.24, 2.45) is 0 Å². The fourth-order valence-electron chi connectivity index (χ4n) is 3.19.